The second-order valence-electron chi connectivity index (χ2n) is 5.40. The fourth-order valence-corrected chi connectivity index (χ4v) is 2.27. The lowest BCUT2D eigenvalue weighted by molar-refractivity contribution is -0.147. The summed E-state index contributed by atoms with van der Waals surface area (Å²) in [5, 5.41) is 12.0. The van der Waals surface area contributed by atoms with Crippen LogP contribution in [0.3, 0.4) is 0 Å². The number of nitrogens with zero attached hydrogens (tertiary/aromatic N) is 1. The van der Waals surface area contributed by atoms with E-state index in [-0.39, 0.29) is 18.2 Å². The average molecular weight is 272 g/mol. The minimum absolute atomic E-state index is 0.0237. The molecule has 0 radical (unpaired) electrons. The summed E-state index contributed by atoms with van der Waals surface area (Å²) in [6.07, 6.45) is 1.95. The standard InChI is InChI=1S/C13H24N2O4/c1-5-15(13(3,4)11(16)17)12(18)14-9(2)10-7-6-8-19-10/h9-10H,5-8H2,1-4H3,(H,14,18)(H,16,17). The van der Waals surface area contributed by atoms with Gasteiger partial charge in [0, 0.05) is 13.2 Å². The van der Waals surface area contributed by atoms with Crippen LogP contribution < -0.4 is 5.32 Å². The lowest BCUT2D eigenvalue weighted by atomic mass is 10.0. The first-order chi connectivity index (χ1) is 8.80. The first-order valence-corrected chi connectivity index (χ1v) is 6.73. The van der Waals surface area contributed by atoms with Crippen molar-refractivity contribution in [3.05, 3.63) is 0 Å². The Kier molecular flexibility index (Phi) is 5.17. The van der Waals surface area contributed by atoms with Gasteiger partial charge in [-0.25, -0.2) is 9.59 Å². The van der Waals surface area contributed by atoms with Crippen LogP contribution in [0.15, 0.2) is 0 Å². The van der Waals surface area contributed by atoms with Gasteiger partial charge in [0.05, 0.1) is 12.1 Å². The molecule has 2 N–H and O–H groups in total. The highest BCUT2D eigenvalue weighted by molar-refractivity contribution is 5.85. The largest absolute Gasteiger partial charge is 0.480 e. The predicted octanol–water partition coefficient (Wildman–Crippen LogP) is 1.45. The number of likely N-dealkylation sites (N-methyl/N-ethyl adjacent to an activating group) is 1. The lowest BCUT2D eigenvalue weighted by Crippen LogP contribution is -2.58. The Morgan fingerprint density at radius 1 is 1.53 bits per heavy atom. The molecule has 2 unspecified atom stereocenters. The van der Waals surface area contributed by atoms with Crippen molar-refractivity contribution in [2.45, 2.75) is 58.2 Å². The van der Waals surface area contributed by atoms with Crippen molar-refractivity contribution in [3.63, 3.8) is 0 Å². The van der Waals surface area contributed by atoms with Gasteiger partial charge in [-0.1, -0.05) is 0 Å². The van der Waals surface area contributed by atoms with E-state index in [1.54, 1.807) is 6.92 Å². The number of rotatable bonds is 5. The van der Waals surface area contributed by atoms with E-state index in [0.717, 1.165) is 19.4 Å². The summed E-state index contributed by atoms with van der Waals surface area (Å²) in [6.45, 7) is 7.76. The summed E-state index contributed by atoms with van der Waals surface area (Å²) in [5.41, 5.74) is -1.23. The molecule has 19 heavy (non-hydrogen) atoms. The summed E-state index contributed by atoms with van der Waals surface area (Å²) >= 11 is 0. The number of carbonyl (C=O) groups is 2. The molecule has 1 aliphatic rings. The Balaban J connectivity index is 2.66. The molecule has 1 rings (SSSR count). The molecule has 1 aliphatic heterocycles. The molecule has 1 fully saturated rings. The second kappa shape index (κ2) is 6.23. The molecule has 2 atom stereocenters. The molecule has 1 saturated heterocycles. The van der Waals surface area contributed by atoms with Crippen LogP contribution in [-0.4, -0.2) is 52.8 Å². The highest BCUT2D eigenvalue weighted by Crippen LogP contribution is 2.18. The highest BCUT2D eigenvalue weighted by atomic mass is 16.5. The van der Waals surface area contributed by atoms with E-state index < -0.39 is 11.5 Å². The van der Waals surface area contributed by atoms with E-state index in [0.29, 0.717) is 6.54 Å². The predicted molar refractivity (Wildman–Crippen MR) is 71.1 cm³/mol. The van der Waals surface area contributed by atoms with Crippen LogP contribution in [0.25, 0.3) is 0 Å². The van der Waals surface area contributed by atoms with Gasteiger partial charge in [0.1, 0.15) is 5.54 Å². The van der Waals surface area contributed by atoms with E-state index in [1.165, 1.54) is 18.7 Å². The third-order valence-electron chi connectivity index (χ3n) is 3.63. The minimum Gasteiger partial charge on any atom is -0.480 e. The zero-order chi connectivity index (χ0) is 14.6. The summed E-state index contributed by atoms with van der Waals surface area (Å²) in [6, 6.07) is -0.480. The molecule has 0 aromatic rings. The van der Waals surface area contributed by atoms with Crippen LogP contribution in [0.2, 0.25) is 0 Å². The molecular formula is C13H24N2O4. The fraction of sp³-hybridized carbons (Fsp3) is 0.846. The number of nitrogens with one attached hydrogen (secondary N) is 1. The Labute approximate surface area is 114 Å². The molecule has 0 spiro atoms. The number of aliphatic carboxylic acids is 1. The van der Waals surface area contributed by atoms with Gasteiger partial charge in [0.2, 0.25) is 0 Å². The number of ether oxygens (including phenoxy) is 1. The van der Waals surface area contributed by atoms with Crippen molar-refractivity contribution in [2.24, 2.45) is 0 Å². The van der Waals surface area contributed by atoms with Gasteiger partial charge >= 0.3 is 12.0 Å². The topological polar surface area (TPSA) is 78.9 Å². The van der Waals surface area contributed by atoms with Crippen molar-refractivity contribution in [2.75, 3.05) is 13.2 Å². The van der Waals surface area contributed by atoms with E-state index >= 15 is 0 Å². The molecule has 0 saturated carbocycles. The van der Waals surface area contributed by atoms with Gasteiger partial charge in [-0.2, -0.15) is 0 Å². The lowest BCUT2D eigenvalue weighted by Gasteiger charge is -2.35. The third-order valence-corrected chi connectivity index (χ3v) is 3.63. The maximum absolute atomic E-state index is 12.2. The van der Waals surface area contributed by atoms with E-state index in [1.807, 2.05) is 6.92 Å². The van der Waals surface area contributed by atoms with Gasteiger partial charge in [-0.05, 0) is 40.5 Å². The van der Waals surface area contributed by atoms with Crippen molar-refractivity contribution >= 4 is 12.0 Å². The number of hydrogen-bond acceptors (Lipinski definition) is 3. The average Bonchev–Trinajstić information content (AvgIpc) is 2.82. The Hall–Kier alpha value is -1.30. The molecule has 0 aromatic heterocycles. The van der Waals surface area contributed by atoms with Gasteiger partial charge in [0.15, 0.2) is 0 Å². The second-order valence-corrected chi connectivity index (χ2v) is 5.40. The summed E-state index contributed by atoms with van der Waals surface area (Å²) in [7, 11) is 0. The molecule has 0 aliphatic carbocycles. The van der Waals surface area contributed by atoms with E-state index in [4.69, 9.17) is 4.74 Å². The Morgan fingerprint density at radius 2 is 2.16 bits per heavy atom. The van der Waals surface area contributed by atoms with Crippen molar-refractivity contribution in [3.8, 4) is 0 Å². The van der Waals surface area contributed by atoms with Crippen LogP contribution in [-0.2, 0) is 9.53 Å². The van der Waals surface area contributed by atoms with Crippen LogP contribution in [0.5, 0.6) is 0 Å². The normalized spacial score (nSPS) is 20.9. The fourth-order valence-electron chi connectivity index (χ4n) is 2.27. The van der Waals surface area contributed by atoms with Crippen molar-refractivity contribution < 1.29 is 19.4 Å². The maximum Gasteiger partial charge on any atom is 0.329 e. The van der Waals surface area contributed by atoms with Gasteiger partial charge in [-0.3, -0.25) is 0 Å². The highest BCUT2D eigenvalue weighted by Gasteiger charge is 2.37. The first kappa shape index (κ1) is 15.8. The molecule has 0 bridgehead atoms. The van der Waals surface area contributed by atoms with Crippen LogP contribution >= 0.6 is 0 Å². The summed E-state index contributed by atoms with van der Waals surface area (Å²) < 4.78 is 5.51. The van der Waals surface area contributed by atoms with E-state index in [2.05, 4.69) is 5.32 Å². The third kappa shape index (κ3) is 3.59. The number of amides is 2. The Bertz CT molecular complexity index is 338. The molecule has 6 nitrogen and oxygen atoms in total. The first-order valence-electron chi connectivity index (χ1n) is 6.73. The van der Waals surface area contributed by atoms with Crippen molar-refractivity contribution in [1.82, 2.24) is 10.2 Å². The number of carboxylic acids is 1. The number of carboxylic acid groups (broad SMARTS) is 1. The van der Waals surface area contributed by atoms with Gasteiger partial charge in [0.25, 0.3) is 0 Å². The monoisotopic (exact) mass is 272 g/mol. The molecule has 110 valence electrons. The number of urea groups is 1. The SMILES string of the molecule is CCN(C(=O)NC(C)C1CCCO1)C(C)(C)C(=O)O. The van der Waals surface area contributed by atoms with Gasteiger partial charge in [-0.15, -0.1) is 0 Å². The van der Waals surface area contributed by atoms with Crippen LogP contribution in [0.4, 0.5) is 4.79 Å². The molecular weight excluding hydrogens is 248 g/mol. The van der Waals surface area contributed by atoms with Crippen LogP contribution in [0.1, 0.15) is 40.5 Å². The molecule has 1 heterocycles. The smallest absolute Gasteiger partial charge is 0.329 e. The quantitative estimate of drug-likeness (QED) is 0.794. The Morgan fingerprint density at radius 3 is 2.58 bits per heavy atom. The van der Waals surface area contributed by atoms with E-state index in [9.17, 15) is 14.7 Å². The number of carbonyl (C=O) groups excluding carboxylic acids is 1. The molecule has 6 heteroatoms. The summed E-state index contributed by atoms with van der Waals surface area (Å²) in [5.74, 6) is -1.02. The maximum atomic E-state index is 12.2. The molecule has 0 aromatic carbocycles. The minimum atomic E-state index is -1.23. The van der Waals surface area contributed by atoms with Gasteiger partial charge < -0.3 is 20.1 Å². The van der Waals surface area contributed by atoms with Crippen molar-refractivity contribution in [1.29, 1.82) is 0 Å². The zero-order valence-electron chi connectivity index (χ0n) is 12.1. The number of hydrogen-bond donors (Lipinski definition) is 2. The zero-order valence-corrected chi connectivity index (χ0v) is 12.1. The summed E-state index contributed by atoms with van der Waals surface area (Å²) in [4.78, 5) is 24.7. The van der Waals surface area contributed by atoms with Crippen LogP contribution in [0, 0.1) is 0 Å². The molecule has 2 amide bonds.